The predicted molar refractivity (Wildman–Crippen MR) is 132 cm³/mol. The van der Waals surface area contributed by atoms with Gasteiger partial charge >= 0.3 is 0 Å². The number of aryl methyl sites for hydroxylation is 1. The van der Waals surface area contributed by atoms with Crippen LogP contribution < -0.4 is 0 Å². The second-order valence-corrected chi connectivity index (χ2v) is 11.0. The molecular formula is C26H27ClF2N2O3S. The fourth-order valence-electron chi connectivity index (χ4n) is 4.14. The van der Waals surface area contributed by atoms with Crippen LogP contribution in [0.4, 0.5) is 8.78 Å². The minimum atomic E-state index is -3.99. The van der Waals surface area contributed by atoms with Crippen molar-refractivity contribution in [1.29, 1.82) is 0 Å². The maximum atomic E-state index is 13.6. The van der Waals surface area contributed by atoms with E-state index in [1.54, 1.807) is 0 Å². The second-order valence-electron chi connectivity index (χ2n) is 8.65. The van der Waals surface area contributed by atoms with Crippen LogP contribution in [0.3, 0.4) is 0 Å². The van der Waals surface area contributed by atoms with Crippen LogP contribution in [-0.2, 0) is 21.4 Å². The van der Waals surface area contributed by atoms with Gasteiger partial charge in [0.2, 0.25) is 10.0 Å². The molecule has 0 aromatic heterocycles. The number of hydrogen-bond donors (Lipinski definition) is 0. The molecule has 1 aliphatic rings. The molecule has 3 aromatic rings. The lowest BCUT2D eigenvalue weighted by molar-refractivity contribution is 0.00771. The van der Waals surface area contributed by atoms with E-state index in [0.717, 1.165) is 28.8 Å². The fourth-order valence-corrected chi connectivity index (χ4v) is 5.74. The lowest BCUT2D eigenvalue weighted by Gasteiger charge is -2.36. The first-order valence-electron chi connectivity index (χ1n) is 11.3. The molecule has 0 saturated carbocycles. The Hall–Kier alpha value is -2.36. The number of sulfonamides is 1. The van der Waals surface area contributed by atoms with Gasteiger partial charge in [-0.1, -0.05) is 53.6 Å². The van der Waals surface area contributed by atoms with E-state index in [1.807, 2.05) is 49.4 Å². The quantitative estimate of drug-likeness (QED) is 0.410. The first-order valence-corrected chi connectivity index (χ1v) is 13.1. The summed E-state index contributed by atoms with van der Waals surface area (Å²) in [6.45, 7) is 4.40. The summed E-state index contributed by atoms with van der Waals surface area (Å²) in [7, 11) is -3.99. The van der Waals surface area contributed by atoms with Crippen LogP contribution >= 0.6 is 11.6 Å². The summed E-state index contributed by atoms with van der Waals surface area (Å²) in [6.07, 6.45) is -0.242. The number of halogens is 3. The lowest BCUT2D eigenvalue weighted by Crippen LogP contribution is -2.49. The van der Waals surface area contributed by atoms with Crippen molar-refractivity contribution in [2.45, 2.75) is 24.5 Å². The Morgan fingerprint density at radius 1 is 0.943 bits per heavy atom. The Balaban J connectivity index is 1.43. The van der Waals surface area contributed by atoms with Gasteiger partial charge in [-0.25, -0.2) is 17.2 Å². The Morgan fingerprint density at radius 3 is 2.23 bits per heavy atom. The van der Waals surface area contributed by atoms with Crippen molar-refractivity contribution in [2.75, 3.05) is 32.7 Å². The molecule has 4 rings (SSSR count). The molecule has 0 N–H and O–H groups in total. The third-order valence-corrected chi connectivity index (χ3v) is 8.13. The van der Waals surface area contributed by atoms with Gasteiger partial charge < -0.3 is 4.74 Å². The van der Waals surface area contributed by atoms with E-state index in [1.165, 1.54) is 4.31 Å². The van der Waals surface area contributed by atoms with Crippen LogP contribution in [0.5, 0.6) is 0 Å². The van der Waals surface area contributed by atoms with Gasteiger partial charge in [-0.05, 0) is 42.3 Å². The summed E-state index contributed by atoms with van der Waals surface area (Å²) >= 11 is 6.07. The maximum absolute atomic E-state index is 13.6. The molecular weight excluding hydrogens is 494 g/mol. The van der Waals surface area contributed by atoms with Crippen LogP contribution in [0.25, 0.3) is 0 Å². The van der Waals surface area contributed by atoms with Crippen LogP contribution in [0, 0.1) is 18.6 Å². The molecule has 0 unspecified atom stereocenters. The van der Waals surface area contributed by atoms with Gasteiger partial charge in [0, 0.05) is 43.8 Å². The van der Waals surface area contributed by atoms with Gasteiger partial charge in [0.1, 0.15) is 11.6 Å². The normalized spacial score (nSPS) is 16.3. The largest absolute Gasteiger partial charge is 0.368 e. The summed E-state index contributed by atoms with van der Waals surface area (Å²) in [6, 6.07) is 18.0. The zero-order valence-electron chi connectivity index (χ0n) is 19.3. The Kier molecular flexibility index (Phi) is 8.19. The first kappa shape index (κ1) is 25.7. The molecule has 0 radical (unpaired) electrons. The van der Waals surface area contributed by atoms with Crippen molar-refractivity contribution in [1.82, 2.24) is 9.21 Å². The molecule has 5 nitrogen and oxygen atoms in total. The molecule has 0 aliphatic carbocycles. The molecule has 1 saturated heterocycles. The summed E-state index contributed by atoms with van der Waals surface area (Å²) in [5.74, 6) is -1.84. The van der Waals surface area contributed by atoms with Crippen molar-refractivity contribution in [2.24, 2.45) is 0 Å². The first-order chi connectivity index (χ1) is 16.7. The number of ether oxygens (including phenoxy) is 1. The number of nitrogens with zero attached hydrogens (tertiary/aromatic N) is 2. The minimum absolute atomic E-state index is 0.214. The van der Waals surface area contributed by atoms with E-state index in [9.17, 15) is 17.2 Å². The van der Waals surface area contributed by atoms with Crippen molar-refractivity contribution < 1.29 is 21.9 Å². The van der Waals surface area contributed by atoms with Crippen LogP contribution in [0.1, 0.15) is 22.8 Å². The number of benzene rings is 3. The number of rotatable bonds is 8. The SMILES string of the molecule is Cc1cccc(CO[C@@H](CN2CCN(S(=O)(=O)c3cc(F)cc(F)c3)CC2)c2ccc(Cl)cc2)c1. The Labute approximate surface area is 209 Å². The molecule has 186 valence electrons. The van der Waals surface area contributed by atoms with E-state index in [2.05, 4.69) is 11.0 Å². The molecule has 0 bridgehead atoms. The number of hydrogen-bond acceptors (Lipinski definition) is 4. The second kappa shape index (κ2) is 11.1. The molecule has 9 heteroatoms. The van der Waals surface area contributed by atoms with E-state index < -0.39 is 21.7 Å². The Bertz CT molecular complexity index is 1240. The van der Waals surface area contributed by atoms with Crippen LogP contribution in [-0.4, -0.2) is 50.3 Å². The summed E-state index contributed by atoms with van der Waals surface area (Å²) < 4.78 is 60.5. The van der Waals surface area contributed by atoms with E-state index in [0.29, 0.717) is 37.3 Å². The van der Waals surface area contributed by atoms with E-state index in [-0.39, 0.29) is 24.1 Å². The standard InChI is InChI=1S/C26H27ClF2N2O3S/c1-19-3-2-4-20(13-19)18-34-26(21-5-7-22(27)8-6-21)17-30-9-11-31(12-10-30)35(32,33)25-15-23(28)14-24(29)16-25/h2-8,13-16,26H,9-12,17-18H2,1H3/t26-/m0/s1. The molecule has 1 heterocycles. The smallest absolute Gasteiger partial charge is 0.243 e. The predicted octanol–water partition coefficient (Wildman–Crippen LogP) is 5.19. The van der Waals surface area contributed by atoms with E-state index >= 15 is 0 Å². The van der Waals surface area contributed by atoms with Gasteiger partial charge in [0.25, 0.3) is 0 Å². The average molecular weight is 521 g/mol. The highest BCUT2D eigenvalue weighted by Crippen LogP contribution is 2.25. The zero-order valence-corrected chi connectivity index (χ0v) is 20.9. The molecule has 0 spiro atoms. The zero-order chi connectivity index (χ0) is 25.0. The summed E-state index contributed by atoms with van der Waals surface area (Å²) in [5, 5.41) is 0.638. The molecule has 1 aliphatic heterocycles. The molecule has 35 heavy (non-hydrogen) atoms. The highest BCUT2D eigenvalue weighted by molar-refractivity contribution is 7.89. The molecule has 1 fully saturated rings. The topological polar surface area (TPSA) is 49.9 Å². The molecule has 3 aromatic carbocycles. The lowest BCUT2D eigenvalue weighted by atomic mass is 10.1. The van der Waals surface area contributed by atoms with Gasteiger partial charge in [-0.3, -0.25) is 4.90 Å². The average Bonchev–Trinajstić information content (AvgIpc) is 2.82. The minimum Gasteiger partial charge on any atom is -0.368 e. The van der Waals surface area contributed by atoms with Crippen molar-refractivity contribution in [3.05, 3.63) is 100 Å². The highest BCUT2D eigenvalue weighted by Gasteiger charge is 2.30. The van der Waals surface area contributed by atoms with Crippen molar-refractivity contribution in [3.8, 4) is 0 Å². The van der Waals surface area contributed by atoms with Gasteiger partial charge in [0.05, 0.1) is 17.6 Å². The third-order valence-electron chi connectivity index (χ3n) is 6.00. The Morgan fingerprint density at radius 2 is 1.60 bits per heavy atom. The van der Waals surface area contributed by atoms with Crippen LogP contribution in [0.15, 0.2) is 71.6 Å². The van der Waals surface area contributed by atoms with Gasteiger partial charge in [-0.15, -0.1) is 0 Å². The van der Waals surface area contributed by atoms with E-state index in [4.69, 9.17) is 16.3 Å². The summed E-state index contributed by atoms with van der Waals surface area (Å²) in [5.41, 5.74) is 3.21. The van der Waals surface area contributed by atoms with Crippen LogP contribution in [0.2, 0.25) is 5.02 Å². The summed E-state index contributed by atoms with van der Waals surface area (Å²) in [4.78, 5) is 1.76. The molecule has 0 amide bonds. The van der Waals surface area contributed by atoms with Gasteiger partial charge in [0.15, 0.2) is 0 Å². The highest BCUT2D eigenvalue weighted by atomic mass is 35.5. The monoisotopic (exact) mass is 520 g/mol. The molecule has 1 atom stereocenters. The number of piperazine rings is 1. The van der Waals surface area contributed by atoms with Crippen molar-refractivity contribution >= 4 is 21.6 Å². The third kappa shape index (κ3) is 6.65. The fraction of sp³-hybridized carbons (Fsp3) is 0.308. The van der Waals surface area contributed by atoms with Crippen molar-refractivity contribution in [3.63, 3.8) is 0 Å². The maximum Gasteiger partial charge on any atom is 0.243 e. The van der Waals surface area contributed by atoms with Gasteiger partial charge in [-0.2, -0.15) is 4.31 Å².